The van der Waals surface area contributed by atoms with Gasteiger partial charge in [-0.1, -0.05) is 13.8 Å². The van der Waals surface area contributed by atoms with Crippen molar-refractivity contribution in [3.63, 3.8) is 0 Å². The van der Waals surface area contributed by atoms with E-state index in [1.54, 1.807) is 13.3 Å². The van der Waals surface area contributed by atoms with Crippen LogP contribution in [-0.4, -0.2) is 23.0 Å². The van der Waals surface area contributed by atoms with Crippen molar-refractivity contribution in [1.82, 2.24) is 9.97 Å². The minimum absolute atomic E-state index is 0.0145. The Kier molecular flexibility index (Phi) is 3.79. The maximum absolute atomic E-state index is 11.8. The molecular formula is C13H19N3O2. The number of carbonyl (C=O) groups excluding carboxylic acids is 1. The lowest BCUT2D eigenvalue weighted by molar-refractivity contribution is -0.116. The Bertz CT molecular complexity index is 442. The Hall–Kier alpha value is -1.65. The summed E-state index contributed by atoms with van der Waals surface area (Å²) in [7, 11) is 1.54. The third-order valence-electron chi connectivity index (χ3n) is 2.81. The van der Waals surface area contributed by atoms with Crippen LogP contribution in [0.1, 0.15) is 44.7 Å². The van der Waals surface area contributed by atoms with Gasteiger partial charge < -0.3 is 10.1 Å². The molecule has 1 saturated carbocycles. The van der Waals surface area contributed by atoms with Gasteiger partial charge in [0, 0.05) is 12.3 Å². The fourth-order valence-electron chi connectivity index (χ4n) is 1.81. The van der Waals surface area contributed by atoms with Gasteiger partial charge in [0.25, 0.3) is 0 Å². The van der Waals surface area contributed by atoms with E-state index in [4.69, 9.17) is 4.74 Å². The van der Waals surface area contributed by atoms with E-state index in [0.717, 1.165) is 24.2 Å². The zero-order valence-corrected chi connectivity index (χ0v) is 11.1. The summed E-state index contributed by atoms with van der Waals surface area (Å²) in [5, 5.41) is 2.90. The van der Waals surface area contributed by atoms with E-state index < -0.39 is 0 Å². The summed E-state index contributed by atoms with van der Waals surface area (Å²) in [5.74, 6) is 0.797. The van der Waals surface area contributed by atoms with Crippen LogP contribution in [0.5, 0.6) is 6.01 Å². The highest BCUT2D eigenvalue weighted by molar-refractivity contribution is 5.91. The lowest BCUT2D eigenvalue weighted by atomic mass is 10.1. The van der Waals surface area contributed by atoms with Gasteiger partial charge in [0.1, 0.15) is 0 Å². The number of anilines is 1. The molecule has 5 heteroatoms. The normalized spacial score (nSPS) is 14.7. The zero-order valence-electron chi connectivity index (χ0n) is 11.1. The Morgan fingerprint density at radius 3 is 2.83 bits per heavy atom. The molecule has 98 valence electrons. The second kappa shape index (κ2) is 5.33. The molecule has 5 nitrogen and oxygen atoms in total. The number of rotatable bonds is 5. The molecule has 0 unspecified atom stereocenters. The van der Waals surface area contributed by atoms with Crippen molar-refractivity contribution in [3.05, 3.63) is 11.9 Å². The first-order chi connectivity index (χ1) is 8.60. The summed E-state index contributed by atoms with van der Waals surface area (Å²) < 4.78 is 5.02. The predicted octanol–water partition coefficient (Wildman–Crippen LogP) is 2.35. The predicted molar refractivity (Wildman–Crippen MR) is 68.6 cm³/mol. The summed E-state index contributed by atoms with van der Waals surface area (Å²) >= 11 is 0. The summed E-state index contributed by atoms with van der Waals surface area (Å²) in [5.41, 5.74) is 1.63. The number of hydrogen-bond donors (Lipinski definition) is 1. The van der Waals surface area contributed by atoms with Crippen LogP contribution in [0, 0.1) is 5.92 Å². The average Bonchev–Trinajstić information content (AvgIpc) is 3.12. The van der Waals surface area contributed by atoms with Crippen molar-refractivity contribution in [1.29, 1.82) is 0 Å². The standard InChI is InChI=1S/C13H19N3O2/c1-8(2)6-11(17)15-10-7-14-13(18-3)16-12(10)9-4-5-9/h7-9H,4-6H2,1-3H3,(H,15,17). The molecule has 1 aliphatic carbocycles. The van der Waals surface area contributed by atoms with E-state index in [9.17, 15) is 4.79 Å². The molecule has 1 amide bonds. The van der Waals surface area contributed by atoms with E-state index in [1.807, 2.05) is 13.8 Å². The minimum Gasteiger partial charge on any atom is -0.467 e. The first kappa shape index (κ1) is 12.8. The molecule has 1 N–H and O–H groups in total. The van der Waals surface area contributed by atoms with E-state index >= 15 is 0 Å². The van der Waals surface area contributed by atoms with Crippen molar-refractivity contribution in [2.75, 3.05) is 12.4 Å². The lowest BCUT2D eigenvalue weighted by Crippen LogP contribution is -2.16. The van der Waals surface area contributed by atoms with E-state index in [2.05, 4.69) is 15.3 Å². The van der Waals surface area contributed by atoms with Crippen LogP contribution in [0.2, 0.25) is 0 Å². The molecule has 18 heavy (non-hydrogen) atoms. The number of hydrogen-bond acceptors (Lipinski definition) is 4. The van der Waals surface area contributed by atoms with Crippen LogP contribution in [0.3, 0.4) is 0 Å². The van der Waals surface area contributed by atoms with Crippen LogP contribution >= 0.6 is 0 Å². The number of methoxy groups -OCH3 is 1. The van der Waals surface area contributed by atoms with Crippen molar-refractivity contribution in [2.24, 2.45) is 5.92 Å². The smallest absolute Gasteiger partial charge is 0.316 e. The monoisotopic (exact) mass is 249 g/mol. The Balaban J connectivity index is 2.14. The molecule has 0 aliphatic heterocycles. The molecule has 0 saturated heterocycles. The number of ether oxygens (including phenoxy) is 1. The van der Waals surface area contributed by atoms with Crippen molar-refractivity contribution in [2.45, 2.75) is 39.0 Å². The van der Waals surface area contributed by atoms with Crippen molar-refractivity contribution < 1.29 is 9.53 Å². The van der Waals surface area contributed by atoms with Gasteiger partial charge in [0.15, 0.2) is 0 Å². The summed E-state index contributed by atoms with van der Waals surface area (Å²) in [6.07, 6.45) is 4.38. The molecule has 0 bridgehead atoms. The third kappa shape index (κ3) is 3.18. The highest BCUT2D eigenvalue weighted by atomic mass is 16.5. The maximum atomic E-state index is 11.8. The van der Waals surface area contributed by atoms with Gasteiger partial charge in [-0.2, -0.15) is 4.98 Å². The highest BCUT2D eigenvalue weighted by Gasteiger charge is 2.29. The first-order valence-corrected chi connectivity index (χ1v) is 6.31. The van der Waals surface area contributed by atoms with Gasteiger partial charge in [-0.05, 0) is 18.8 Å². The lowest BCUT2D eigenvalue weighted by Gasteiger charge is -2.11. The van der Waals surface area contributed by atoms with E-state index in [1.165, 1.54) is 0 Å². The number of nitrogens with zero attached hydrogens (tertiary/aromatic N) is 2. The maximum Gasteiger partial charge on any atom is 0.316 e. The SMILES string of the molecule is COc1ncc(NC(=O)CC(C)C)c(C2CC2)n1. The Morgan fingerprint density at radius 1 is 1.56 bits per heavy atom. The largest absolute Gasteiger partial charge is 0.467 e. The fourth-order valence-corrected chi connectivity index (χ4v) is 1.81. The third-order valence-corrected chi connectivity index (χ3v) is 2.81. The number of aromatic nitrogens is 2. The van der Waals surface area contributed by atoms with E-state index in [-0.39, 0.29) is 5.91 Å². The second-order valence-electron chi connectivity index (χ2n) is 5.08. The fraction of sp³-hybridized carbons (Fsp3) is 0.615. The molecule has 0 atom stereocenters. The first-order valence-electron chi connectivity index (χ1n) is 6.31. The van der Waals surface area contributed by atoms with Gasteiger partial charge in [0.05, 0.1) is 24.7 Å². The quantitative estimate of drug-likeness (QED) is 0.870. The van der Waals surface area contributed by atoms with Crippen LogP contribution in [0.4, 0.5) is 5.69 Å². The second-order valence-corrected chi connectivity index (χ2v) is 5.08. The van der Waals surface area contributed by atoms with Crippen LogP contribution < -0.4 is 10.1 Å². The topological polar surface area (TPSA) is 64.1 Å². The minimum atomic E-state index is 0.0145. The molecule has 0 radical (unpaired) electrons. The highest BCUT2D eigenvalue weighted by Crippen LogP contribution is 2.42. The van der Waals surface area contributed by atoms with Crippen molar-refractivity contribution in [3.8, 4) is 6.01 Å². The zero-order chi connectivity index (χ0) is 13.1. The van der Waals surface area contributed by atoms with Crippen LogP contribution in [-0.2, 0) is 4.79 Å². The Morgan fingerprint density at radius 2 is 2.28 bits per heavy atom. The van der Waals surface area contributed by atoms with E-state index in [0.29, 0.717) is 24.3 Å². The molecule has 1 aromatic rings. The molecule has 1 aliphatic rings. The molecular weight excluding hydrogens is 230 g/mol. The van der Waals surface area contributed by atoms with Gasteiger partial charge in [-0.3, -0.25) is 4.79 Å². The number of nitrogens with one attached hydrogen (secondary N) is 1. The molecule has 1 aromatic heterocycles. The molecule has 0 spiro atoms. The average molecular weight is 249 g/mol. The number of amides is 1. The van der Waals surface area contributed by atoms with Crippen LogP contribution in [0.25, 0.3) is 0 Å². The Labute approximate surface area is 107 Å². The molecule has 1 heterocycles. The van der Waals surface area contributed by atoms with Gasteiger partial charge in [0.2, 0.25) is 5.91 Å². The summed E-state index contributed by atoms with van der Waals surface area (Å²) in [4.78, 5) is 20.2. The molecule has 2 rings (SSSR count). The molecule has 0 aromatic carbocycles. The van der Waals surface area contributed by atoms with Gasteiger partial charge in [-0.15, -0.1) is 0 Å². The van der Waals surface area contributed by atoms with Crippen LogP contribution in [0.15, 0.2) is 6.20 Å². The number of carbonyl (C=O) groups is 1. The van der Waals surface area contributed by atoms with Gasteiger partial charge in [-0.25, -0.2) is 4.98 Å². The molecule has 1 fully saturated rings. The summed E-state index contributed by atoms with van der Waals surface area (Å²) in [6.45, 7) is 4.04. The van der Waals surface area contributed by atoms with Crippen molar-refractivity contribution >= 4 is 11.6 Å². The van der Waals surface area contributed by atoms with Gasteiger partial charge >= 0.3 is 6.01 Å². The summed E-state index contributed by atoms with van der Waals surface area (Å²) in [6, 6.07) is 0.360.